The van der Waals surface area contributed by atoms with Crippen LogP contribution in [0.3, 0.4) is 0 Å². The van der Waals surface area contributed by atoms with E-state index in [9.17, 15) is 10.2 Å². The molecule has 0 aromatic heterocycles. The van der Waals surface area contributed by atoms with Crippen LogP contribution in [-0.2, 0) is 0 Å². The number of rotatable bonds is 0. The molecular weight excluding hydrogens is 272 g/mol. The summed E-state index contributed by atoms with van der Waals surface area (Å²) in [5.41, 5.74) is 0.424. The molecule has 126 valence electrons. The largest absolute Gasteiger partial charge is 0.393 e. The Labute approximate surface area is 135 Å². The first-order chi connectivity index (χ1) is 10.1. The quantitative estimate of drug-likeness (QED) is 0.706. The Balaban J connectivity index is 1.76. The Bertz CT molecular complexity index is 482. The van der Waals surface area contributed by atoms with Crippen molar-refractivity contribution in [1.82, 2.24) is 0 Å². The minimum atomic E-state index is -0.432. The van der Waals surface area contributed by atoms with E-state index in [1.165, 1.54) is 38.5 Å². The summed E-state index contributed by atoms with van der Waals surface area (Å²) in [6, 6.07) is 0. The van der Waals surface area contributed by atoms with Crippen molar-refractivity contribution in [2.75, 3.05) is 0 Å². The van der Waals surface area contributed by atoms with Crippen LogP contribution in [0.25, 0.3) is 0 Å². The highest BCUT2D eigenvalue weighted by Crippen LogP contribution is 2.75. The van der Waals surface area contributed by atoms with E-state index >= 15 is 0 Å². The van der Waals surface area contributed by atoms with E-state index in [1.54, 1.807) is 0 Å². The van der Waals surface area contributed by atoms with E-state index in [0.717, 1.165) is 18.8 Å². The summed E-state index contributed by atoms with van der Waals surface area (Å²) in [5.74, 6) is 1.97. The van der Waals surface area contributed by atoms with Crippen molar-refractivity contribution in [3.63, 3.8) is 0 Å². The molecule has 1 unspecified atom stereocenters. The van der Waals surface area contributed by atoms with Gasteiger partial charge in [-0.15, -0.1) is 0 Å². The number of aliphatic hydroxyl groups is 2. The Morgan fingerprint density at radius 1 is 0.864 bits per heavy atom. The summed E-state index contributed by atoms with van der Waals surface area (Å²) in [6.45, 7) is 9.25. The van der Waals surface area contributed by atoms with Crippen LogP contribution in [0.1, 0.15) is 79.1 Å². The van der Waals surface area contributed by atoms with Crippen LogP contribution in [0.4, 0.5) is 0 Å². The first kappa shape index (κ1) is 15.4. The molecule has 4 fully saturated rings. The van der Waals surface area contributed by atoms with Crippen LogP contribution in [0.2, 0.25) is 0 Å². The summed E-state index contributed by atoms with van der Waals surface area (Å²) in [7, 11) is 0. The topological polar surface area (TPSA) is 40.5 Å². The van der Waals surface area contributed by atoms with E-state index in [1.807, 2.05) is 0 Å². The lowest BCUT2D eigenvalue weighted by molar-refractivity contribution is -0.199. The maximum absolute atomic E-state index is 10.8. The molecule has 4 aliphatic rings. The third-order valence-electron chi connectivity index (χ3n) is 9.32. The van der Waals surface area contributed by atoms with Crippen molar-refractivity contribution >= 4 is 0 Å². The van der Waals surface area contributed by atoms with Gasteiger partial charge in [0.15, 0.2) is 0 Å². The Kier molecular flexibility index (Phi) is 3.02. The zero-order valence-electron chi connectivity index (χ0n) is 14.9. The van der Waals surface area contributed by atoms with Gasteiger partial charge in [0.25, 0.3) is 0 Å². The fourth-order valence-corrected chi connectivity index (χ4v) is 7.79. The molecular formula is C20H34O2. The lowest BCUT2D eigenvalue weighted by Crippen LogP contribution is -2.61. The second-order valence-electron chi connectivity index (χ2n) is 10.3. The fourth-order valence-electron chi connectivity index (χ4n) is 7.79. The molecule has 22 heavy (non-hydrogen) atoms. The standard InChI is InChI=1S/C20H34O2/c1-17(2)15-6-5-13-11-14-12-20(13,10-9-19(14,4)22)18(15,3)8-7-16(17)21/h13-16,21-22H,5-12H2,1-4H3/t13-,14+,15?,16-,18-,19-,20+/m0/s1. The zero-order chi connectivity index (χ0) is 16.0. The lowest BCUT2D eigenvalue weighted by atomic mass is 9.39. The van der Waals surface area contributed by atoms with Crippen LogP contribution >= 0.6 is 0 Å². The molecule has 0 aliphatic heterocycles. The average molecular weight is 306 g/mol. The molecule has 2 nitrogen and oxygen atoms in total. The monoisotopic (exact) mass is 306 g/mol. The predicted molar refractivity (Wildman–Crippen MR) is 88.4 cm³/mol. The van der Waals surface area contributed by atoms with E-state index in [2.05, 4.69) is 27.7 Å². The second kappa shape index (κ2) is 4.30. The van der Waals surface area contributed by atoms with Crippen molar-refractivity contribution in [3.8, 4) is 0 Å². The zero-order valence-corrected chi connectivity index (χ0v) is 14.9. The van der Waals surface area contributed by atoms with Crippen LogP contribution in [-0.4, -0.2) is 21.9 Å². The fraction of sp³-hybridized carbons (Fsp3) is 1.00. The SMILES string of the molecule is CC1(C)C2CC[C@H]3C[C@@H]4C[C@@]3(CC[C@]4(C)O)[C@@]2(C)CC[C@@H]1O. The lowest BCUT2D eigenvalue weighted by Gasteiger charge is -2.66. The first-order valence-electron chi connectivity index (χ1n) is 9.54. The van der Waals surface area contributed by atoms with Crippen LogP contribution in [0.5, 0.6) is 0 Å². The summed E-state index contributed by atoms with van der Waals surface area (Å²) in [4.78, 5) is 0. The molecule has 1 spiro atoms. The number of hydrogen-bond acceptors (Lipinski definition) is 2. The highest BCUT2D eigenvalue weighted by atomic mass is 16.3. The van der Waals surface area contributed by atoms with Crippen molar-refractivity contribution in [2.24, 2.45) is 34.0 Å². The maximum atomic E-state index is 10.8. The third-order valence-corrected chi connectivity index (χ3v) is 9.32. The van der Waals surface area contributed by atoms with Crippen molar-refractivity contribution < 1.29 is 10.2 Å². The molecule has 4 aliphatic carbocycles. The molecule has 2 heteroatoms. The highest BCUT2D eigenvalue weighted by molar-refractivity contribution is 5.18. The van der Waals surface area contributed by atoms with Crippen LogP contribution < -0.4 is 0 Å². The maximum Gasteiger partial charge on any atom is 0.0648 e. The molecule has 0 saturated heterocycles. The van der Waals surface area contributed by atoms with Crippen LogP contribution in [0, 0.1) is 34.0 Å². The van der Waals surface area contributed by atoms with Gasteiger partial charge in [-0.25, -0.2) is 0 Å². The molecule has 4 rings (SSSR count). The smallest absolute Gasteiger partial charge is 0.0648 e. The molecule has 2 N–H and O–H groups in total. The van der Waals surface area contributed by atoms with Gasteiger partial charge in [-0.2, -0.15) is 0 Å². The third kappa shape index (κ3) is 1.64. The molecule has 4 saturated carbocycles. The molecule has 7 atom stereocenters. The van der Waals surface area contributed by atoms with E-state index in [-0.39, 0.29) is 11.5 Å². The molecule has 0 aromatic carbocycles. The Morgan fingerprint density at radius 2 is 1.59 bits per heavy atom. The molecule has 0 heterocycles. The first-order valence-corrected chi connectivity index (χ1v) is 9.54. The summed E-state index contributed by atoms with van der Waals surface area (Å²) < 4.78 is 0. The number of aliphatic hydroxyl groups excluding tert-OH is 1. The van der Waals surface area contributed by atoms with E-state index < -0.39 is 5.60 Å². The normalized spacial score (nSPS) is 59.7. The summed E-state index contributed by atoms with van der Waals surface area (Å²) >= 11 is 0. The van der Waals surface area contributed by atoms with Crippen molar-refractivity contribution in [3.05, 3.63) is 0 Å². The van der Waals surface area contributed by atoms with E-state index in [0.29, 0.717) is 22.7 Å². The number of fused-ring (bicyclic) bond motifs is 2. The molecule has 2 bridgehead atoms. The minimum absolute atomic E-state index is 0.0464. The van der Waals surface area contributed by atoms with Gasteiger partial charge in [0, 0.05) is 0 Å². The summed E-state index contributed by atoms with van der Waals surface area (Å²) in [5, 5.41) is 21.4. The van der Waals surface area contributed by atoms with Gasteiger partial charge in [-0.3, -0.25) is 0 Å². The minimum Gasteiger partial charge on any atom is -0.393 e. The summed E-state index contributed by atoms with van der Waals surface area (Å²) in [6.07, 6.45) is 9.30. The van der Waals surface area contributed by atoms with Crippen molar-refractivity contribution in [1.29, 1.82) is 0 Å². The van der Waals surface area contributed by atoms with Gasteiger partial charge in [0.05, 0.1) is 11.7 Å². The van der Waals surface area contributed by atoms with Crippen molar-refractivity contribution in [2.45, 2.75) is 90.8 Å². The Hall–Kier alpha value is -0.0800. The van der Waals surface area contributed by atoms with Gasteiger partial charge in [-0.1, -0.05) is 20.8 Å². The van der Waals surface area contributed by atoms with Gasteiger partial charge in [0.2, 0.25) is 0 Å². The van der Waals surface area contributed by atoms with E-state index in [4.69, 9.17) is 0 Å². The van der Waals surface area contributed by atoms with Gasteiger partial charge >= 0.3 is 0 Å². The number of hydrogen-bond donors (Lipinski definition) is 2. The van der Waals surface area contributed by atoms with Crippen LogP contribution in [0.15, 0.2) is 0 Å². The second-order valence-corrected chi connectivity index (χ2v) is 10.3. The predicted octanol–water partition coefficient (Wildman–Crippen LogP) is 4.14. The average Bonchev–Trinajstić information content (AvgIpc) is 2.78. The highest BCUT2D eigenvalue weighted by Gasteiger charge is 2.69. The molecule has 0 radical (unpaired) electrons. The van der Waals surface area contributed by atoms with Gasteiger partial charge in [0.1, 0.15) is 0 Å². The van der Waals surface area contributed by atoms with Gasteiger partial charge < -0.3 is 10.2 Å². The molecule has 0 amide bonds. The van der Waals surface area contributed by atoms with Gasteiger partial charge in [-0.05, 0) is 92.3 Å². The molecule has 0 aromatic rings. The Morgan fingerprint density at radius 3 is 2.32 bits per heavy atom.